The third kappa shape index (κ3) is 8.03. The number of aryl methyl sites for hydroxylation is 1. The molecule has 6 rings (SSSR count). The molecule has 2 fully saturated rings. The van der Waals surface area contributed by atoms with Gasteiger partial charge in [-0.25, -0.2) is 17.9 Å². The number of morpholine rings is 1. The van der Waals surface area contributed by atoms with Crippen molar-refractivity contribution in [1.29, 1.82) is 0 Å². The van der Waals surface area contributed by atoms with Crippen LogP contribution in [0.3, 0.4) is 0 Å². The number of benzene rings is 3. The lowest BCUT2D eigenvalue weighted by Gasteiger charge is -2.39. The lowest BCUT2D eigenvalue weighted by molar-refractivity contribution is -0.136. The number of carbonyl (C=O) groups is 2. The third-order valence-corrected chi connectivity index (χ3v) is 11.5. The van der Waals surface area contributed by atoms with Crippen LogP contribution in [0.15, 0.2) is 70.6 Å². The summed E-state index contributed by atoms with van der Waals surface area (Å²) in [7, 11) is -2.53. The van der Waals surface area contributed by atoms with E-state index in [0.29, 0.717) is 86.0 Å². The van der Waals surface area contributed by atoms with Crippen LogP contribution in [0, 0.1) is 6.92 Å². The minimum Gasteiger partial charge on any atom is -0.493 e. The van der Waals surface area contributed by atoms with Gasteiger partial charge in [0.1, 0.15) is 17.6 Å². The van der Waals surface area contributed by atoms with E-state index in [9.17, 15) is 18.0 Å². The molecule has 3 aliphatic heterocycles. The summed E-state index contributed by atoms with van der Waals surface area (Å²) in [4.78, 5) is 40.5. The number of nitrogens with one attached hydrogen (secondary N) is 1. The molecule has 0 aliphatic carbocycles. The van der Waals surface area contributed by atoms with E-state index in [1.807, 2.05) is 36.1 Å². The van der Waals surface area contributed by atoms with Crippen molar-refractivity contribution in [1.82, 2.24) is 24.3 Å². The fourth-order valence-electron chi connectivity index (χ4n) is 6.72. The number of hydrogen-bond acceptors (Lipinski definition) is 8. The number of hydrogen-bond donors (Lipinski definition) is 1. The van der Waals surface area contributed by atoms with Gasteiger partial charge >= 0.3 is 6.03 Å². The van der Waals surface area contributed by atoms with E-state index in [1.54, 1.807) is 47.1 Å². The molecule has 15 heteroatoms. The van der Waals surface area contributed by atoms with Gasteiger partial charge in [0, 0.05) is 49.3 Å². The van der Waals surface area contributed by atoms with Crippen LogP contribution in [0.25, 0.3) is 0 Å². The van der Waals surface area contributed by atoms with E-state index >= 15 is 0 Å². The second-order valence-corrected chi connectivity index (χ2v) is 15.3. The first-order chi connectivity index (χ1) is 24.5. The maximum atomic E-state index is 15.0. The van der Waals surface area contributed by atoms with Crippen LogP contribution < -0.4 is 9.46 Å². The van der Waals surface area contributed by atoms with Crippen LogP contribution in [0.5, 0.6) is 5.75 Å². The molecule has 3 aliphatic rings. The summed E-state index contributed by atoms with van der Waals surface area (Å²) in [5.41, 5.74) is 2.45. The molecule has 3 aromatic rings. The number of carbonyl (C=O) groups excluding carboxylic acids is 2. The van der Waals surface area contributed by atoms with Crippen LogP contribution in [0.4, 0.5) is 4.79 Å². The predicted octanol–water partition coefficient (Wildman–Crippen LogP) is 4.75. The SMILES string of the molecule is CCOc1cc(C)c(S(=O)(=O)NC)cc1C1=N[C@@H](c2ccc(Cl)cc2)[C@@H](c2ccc(Cl)cc2)N1C(=O)N1CCN(CC(=O)N2CCOCC2)CC1. The number of rotatable bonds is 9. The van der Waals surface area contributed by atoms with Gasteiger partial charge in [0.15, 0.2) is 0 Å². The first-order valence-corrected chi connectivity index (χ1v) is 19.2. The topological polar surface area (TPSA) is 124 Å². The first-order valence-electron chi connectivity index (χ1n) is 17.0. The molecule has 0 radical (unpaired) electrons. The van der Waals surface area contributed by atoms with Crippen molar-refractivity contribution in [2.45, 2.75) is 30.8 Å². The molecule has 0 unspecified atom stereocenters. The predicted molar refractivity (Wildman–Crippen MR) is 196 cm³/mol. The van der Waals surface area contributed by atoms with E-state index in [2.05, 4.69) is 9.62 Å². The molecule has 0 bridgehead atoms. The summed E-state index contributed by atoms with van der Waals surface area (Å²) >= 11 is 12.6. The van der Waals surface area contributed by atoms with Gasteiger partial charge in [-0.15, -0.1) is 0 Å². The fraction of sp³-hybridized carbons (Fsp3) is 0.417. The van der Waals surface area contributed by atoms with Gasteiger partial charge in [0.05, 0.1) is 42.9 Å². The fourth-order valence-corrected chi connectivity index (χ4v) is 7.95. The van der Waals surface area contributed by atoms with Gasteiger partial charge in [0.2, 0.25) is 15.9 Å². The molecular weight excluding hydrogens is 715 g/mol. The number of amidine groups is 1. The Balaban J connectivity index is 1.42. The number of ether oxygens (including phenoxy) is 2. The molecule has 2 saturated heterocycles. The van der Waals surface area contributed by atoms with Crippen molar-refractivity contribution in [3.05, 3.63) is 93.0 Å². The summed E-state index contributed by atoms with van der Waals surface area (Å²) in [6, 6.07) is 16.3. The van der Waals surface area contributed by atoms with E-state index < -0.39 is 22.1 Å². The summed E-state index contributed by atoms with van der Waals surface area (Å²) in [5.74, 6) is 0.733. The zero-order chi connectivity index (χ0) is 36.3. The summed E-state index contributed by atoms with van der Waals surface area (Å²) in [6.45, 7) is 8.12. The highest BCUT2D eigenvalue weighted by Crippen LogP contribution is 2.46. The number of urea groups is 1. The Hall–Kier alpha value is -3.72. The maximum Gasteiger partial charge on any atom is 0.326 e. The van der Waals surface area contributed by atoms with Crippen molar-refractivity contribution in [3.63, 3.8) is 0 Å². The smallest absolute Gasteiger partial charge is 0.326 e. The molecule has 2 atom stereocenters. The minimum atomic E-state index is -3.88. The van der Waals surface area contributed by atoms with Crippen LogP contribution >= 0.6 is 23.2 Å². The molecule has 0 spiro atoms. The third-order valence-electron chi connectivity index (χ3n) is 9.44. The van der Waals surface area contributed by atoms with E-state index in [-0.39, 0.29) is 29.2 Å². The van der Waals surface area contributed by atoms with Crippen molar-refractivity contribution in [3.8, 4) is 5.75 Å². The van der Waals surface area contributed by atoms with Crippen molar-refractivity contribution in [2.75, 3.05) is 72.7 Å². The molecule has 51 heavy (non-hydrogen) atoms. The largest absolute Gasteiger partial charge is 0.493 e. The van der Waals surface area contributed by atoms with Crippen LogP contribution in [0.1, 0.15) is 41.3 Å². The second-order valence-electron chi connectivity index (χ2n) is 12.6. The normalized spacial score (nSPS) is 20.0. The zero-order valence-corrected chi connectivity index (χ0v) is 31.2. The minimum absolute atomic E-state index is 0.0510. The maximum absolute atomic E-state index is 15.0. The molecule has 3 amide bonds. The lowest BCUT2D eigenvalue weighted by atomic mass is 9.93. The number of amides is 3. The van der Waals surface area contributed by atoms with E-state index in [4.69, 9.17) is 37.7 Å². The highest BCUT2D eigenvalue weighted by atomic mass is 35.5. The monoisotopic (exact) mass is 756 g/mol. The molecule has 0 saturated carbocycles. The van der Waals surface area contributed by atoms with E-state index in [1.165, 1.54) is 13.1 Å². The van der Waals surface area contributed by atoms with Crippen LogP contribution in [-0.4, -0.2) is 118 Å². The van der Waals surface area contributed by atoms with Gasteiger partial charge < -0.3 is 19.3 Å². The number of piperazine rings is 1. The molecule has 3 aromatic carbocycles. The van der Waals surface area contributed by atoms with E-state index in [0.717, 1.165) is 11.1 Å². The van der Waals surface area contributed by atoms with Crippen LogP contribution in [-0.2, 0) is 19.6 Å². The number of aliphatic imine (C=N–C) groups is 1. The average Bonchev–Trinajstić information content (AvgIpc) is 3.53. The number of sulfonamides is 1. The summed E-state index contributed by atoms with van der Waals surface area (Å²) < 4.78 is 40.3. The Morgan fingerprint density at radius 2 is 1.51 bits per heavy atom. The first kappa shape index (κ1) is 37.1. The molecule has 272 valence electrons. The zero-order valence-electron chi connectivity index (χ0n) is 28.8. The van der Waals surface area contributed by atoms with Crippen molar-refractivity contribution in [2.24, 2.45) is 4.99 Å². The van der Waals surface area contributed by atoms with Crippen molar-refractivity contribution < 1.29 is 27.5 Å². The Labute approximate surface area is 308 Å². The van der Waals surface area contributed by atoms with Crippen LogP contribution in [0.2, 0.25) is 10.0 Å². The Bertz CT molecular complexity index is 1880. The molecule has 3 heterocycles. The second kappa shape index (κ2) is 15.9. The average molecular weight is 758 g/mol. The van der Waals surface area contributed by atoms with Gasteiger partial charge in [-0.1, -0.05) is 47.5 Å². The van der Waals surface area contributed by atoms with Crippen molar-refractivity contribution >= 4 is 51.0 Å². The Morgan fingerprint density at radius 3 is 2.10 bits per heavy atom. The lowest BCUT2D eigenvalue weighted by Crippen LogP contribution is -2.56. The number of halogens is 2. The highest BCUT2D eigenvalue weighted by Gasteiger charge is 2.45. The quantitative estimate of drug-likeness (QED) is 0.335. The van der Waals surface area contributed by atoms with Gasteiger partial charge in [-0.05, 0) is 74.0 Å². The van der Waals surface area contributed by atoms with Gasteiger partial charge in [0.25, 0.3) is 0 Å². The Morgan fingerprint density at radius 1 is 0.902 bits per heavy atom. The Kier molecular flexibility index (Phi) is 11.5. The molecular formula is C36H42Cl2N6O6S. The van der Waals surface area contributed by atoms with Gasteiger partial charge in [-0.3, -0.25) is 19.6 Å². The van der Waals surface area contributed by atoms with Gasteiger partial charge in [-0.2, -0.15) is 0 Å². The molecule has 1 N–H and O–H groups in total. The summed E-state index contributed by atoms with van der Waals surface area (Å²) in [5, 5.41) is 1.10. The highest BCUT2D eigenvalue weighted by molar-refractivity contribution is 7.89. The number of nitrogens with zero attached hydrogens (tertiary/aromatic N) is 5. The molecule has 12 nitrogen and oxygen atoms in total. The molecule has 0 aromatic heterocycles. The standard InChI is InChI=1S/C36H42Cl2N6O6S/c1-4-50-30-21-24(2)31(51(47,48)39-3)22-29(30)35-40-33(25-5-9-27(37)10-6-25)34(26-7-11-28(38)12-8-26)44(35)36(46)43-15-13-41(14-16-43)23-32(45)42-17-19-49-20-18-42/h5-12,21-22,33-34,39H,4,13-20,23H2,1-3H3/t33-,34+/m0/s1. The summed E-state index contributed by atoms with van der Waals surface area (Å²) in [6.07, 6.45) is 0.